The maximum absolute atomic E-state index is 12.8. The van der Waals surface area contributed by atoms with Crippen molar-refractivity contribution in [3.8, 4) is 5.75 Å². The quantitative estimate of drug-likeness (QED) is 0.869. The highest BCUT2D eigenvalue weighted by molar-refractivity contribution is 5.94. The van der Waals surface area contributed by atoms with Crippen LogP contribution in [0.15, 0.2) is 18.2 Å². The van der Waals surface area contributed by atoms with Crippen LogP contribution in [0.1, 0.15) is 12.8 Å². The molecule has 1 fully saturated rings. The molecule has 0 spiro atoms. The highest BCUT2D eigenvalue weighted by atomic mass is 16.5. The molecule has 7 nitrogen and oxygen atoms in total. The Morgan fingerprint density at radius 3 is 2.96 bits per heavy atom. The van der Waals surface area contributed by atoms with Gasteiger partial charge < -0.3 is 29.5 Å². The Morgan fingerprint density at radius 2 is 2.15 bits per heavy atom. The fraction of sp³-hybridized carbons (Fsp3) is 0.632. The van der Waals surface area contributed by atoms with Crippen LogP contribution in [0.5, 0.6) is 5.75 Å². The van der Waals surface area contributed by atoms with Crippen LogP contribution in [-0.4, -0.2) is 82.5 Å². The van der Waals surface area contributed by atoms with Crippen LogP contribution in [0.3, 0.4) is 0 Å². The van der Waals surface area contributed by atoms with Crippen molar-refractivity contribution in [1.29, 1.82) is 0 Å². The Kier molecular flexibility index (Phi) is 6.21. The number of amides is 2. The Bertz CT molecular complexity index is 623. The molecule has 0 saturated carbocycles. The molecule has 26 heavy (non-hydrogen) atoms. The fourth-order valence-electron chi connectivity index (χ4n) is 3.45. The molecule has 1 saturated heterocycles. The van der Waals surface area contributed by atoms with E-state index in [9.17, 15) is 4.79 Å². The van der Waals surface area contributed by atoms with E-state index >= 15 is 0 Å². The van der Waals surface area contributed by atoms with Crippen molar-refractivity contribution >= 4 is 17.4 Å². The highest BCUT2D eigenvalue weighted by Crippen LogP contribution is 2.37. The molecule has 0 aliphatic carbocycles. The average molecular weight is 362 g/mol. The second kappa shape index (κ2) is 8.60. The van der Waals surface area contributed by atoms with Gasteiger partial charge in [0.25, 0.3) is 0 Å². The van der Waals surface area contributed by atoms with E-state index in [0.717, 1.165) is 43.1 Å². The summed E-state index contributed by atoms with van der Waals surface area (Å²) < 4.78 is 11.5. The van der Waals surface area contributed by atoms with Crippen molar-refractivity contribution in [2.45, 2.75) is 18.9 Å². The van der Waals surface area contributed by atoms with E-state index < -0.39 is 0 Å². The van der Waals surface area contributed by atoms with Crippen LogP contribution < -0.4 is 15.0 Å². The molecule has 2 aliphatic heterocycles. The maximum atomic E-state index is 12.8. The molecule has 7 heteroatoms. The first kappa shape index (κ1) is 18.8. The van der Waals surface area contributed by atoms with Gasteiger partial charge in [-0.25, -0.2) is 4.79 Å². The summed E-state index contributed by atoms with van der Waals surface area (Å²) in [4.78, 5) is 18.9. The largest absolute Gasteiger partial charge is 0.489 e. The summed E-state index contributed by atoms with van der Waals surface area (Å²) in [5, 5.41) is 3.07. The molecule has 1 atom stereocenters. The third-order valence-electron chi connectivity index (χ3n) is 4.86. The van der Waals surface area contributed by atoms with Crippen LogP contribution in [0.25, 0.3) is 0 Å². The number of para-hydroxylation sites is 1. The van der Waals surface area contributed by atoms with Crippen LogP contribution in [-0.2, 0) is 4.74 Å². The first-order chi connectivity index (χ1) is 12.5. The second-order valence-corrected chi connectivity index (χ2v) is 7.24. The number of morpholine rings is 1. The lowest BCUT2D eigenvalue weighted by Gasteiger charge is -2.34. The molecule has 1 N–H and O–H groups in total. The number of benzene rings is 1. The summed E-state index contributed by atoms with van der Waals surface area (Å²) in [7, 11) is 6.16. The van der Waals surface area contributed by atoms with Crippen molar-refractivity contribution in [2.24, 2.45) is 0 Å². The number of carbonyl (C=O) groups excluding carboxylic acids is 1. The SMILES string of the molecule is CN(C)CCCC1CN(C(=O)Nc2cccc3c2N(C)CCO3)CCO1. The van der Waals surface area contributed by atoms with Gasteiger partial charge in [-0.05, 0) is 45.6 Å². The summed E-state index contributed by atoms with van der Waals surface area (Å²) in [5.41, 5.74) is 1.74. The van der Waals surface area contributed by atoms with Gasteiger partial charge in [-0.15, -0.1) is 0 Å². The van der Waals surface area contributed by atoms with Crippen molar-refractivity contribution in [1.82, 2.24) is 9.80 Å². The number of likely N-dealkylation sites (N-methyl/N-ethyl adjacent to an activating group) is 1. The summed E-state index contributed by atoms with van der Waals surface area (Å²) >= 11 is 0. The molecule has 3 rings (SSSR count). The Morgan fingerprint density at radius 1 is 1.31 bits per heavy atom. The number of ether oxygens (including phenoxy) is 2. The third kappa shape index (κ3) is 4.59. The van der Waals surface area contributed by atoms with E-state index in [1.807, 2.05) is 30.1 Å². The monoisotopic (exact) mass is 362 g/mol. The molecule has 1 aromatic carbocycles. The minimum Gasteiger partial charge on any atom is -0.489 e. The lowest BCUT2D eigenvalue weighted by Crippen LogP contribution is -2.47. The third-order valence-corrected chi connectivity index (χ3v) is 4.86. The van der Waals surface area contributed by atoms with Gasteiger partial charge in [0.1, 0.15) is 18.0 Å². The van der Waals surface area contributed by atoms with Gasteiger partial charge in [0.05, 0.1) is 24.9 Å². The molecular formula is C19H30N4O3. The topological polar surface area (TPSA) is 57.3 Å². The maximum Gasteiger partial charge on any atom is 0.322 e. The van der Waals surface area contributed by atoms with E-state index in [1.165, 1.54) is 0 Å². The summed E-state index contributed by atoms with van der Waals surface area (Å²) in [6.07, 6.45) is 2.16. The van der Waals surface area contributed by atoms with Crippen LogP contribution in [0.2, 0.25) is 0 Å². The molecule has 2 amide bonds. The van der Waals surface area contributed by atoms with Gasteiger partial charge in [0, 0.05) is 20.1 Å². The second-order valence-electron chi connectivity index (χ2n) is 7.24. The summed E-state index contributed by atoms with van der Waals surface area (Å²) in [6.45, 7) is 4.37. The zero-order valence-corrected chi connectivity index (χ0v) is 16.0. The lowest BCUT2D eigenvalue weighted by molar-refractivity contribution is -0.0175. The first-order valence-corrected chi connectivity index (χ1v) is 9.34. The molecule has 144 valence electrons. The molecule has 0 bridgehead atoms. The average Bonchev–Trinajstić information content (AvgIpc) is 2.62. The Balaban J connectivity index is 1.60. The van der Waals surface area contributed by atoms with Gasteiger partial charge in [0.15, 0.2) is 0 Å². The highest BCUT2D eigenvalue weighted by Gasteiger charge is 2.26. The summed E-state index contributed by atoms with van der Waals surface area (Å²) in [6, 6.07) is 5.71. The predicted molar refractivity (Wildman–Crippen MR) is 103 cm³/mol. The van der Waals surface area contributed by atoms with Crippen molar-refractivity contribution in [3.63, 3.8) is 0 Å². The number of anilines is 2. The van der Waals surface area contributed by atoms with Crippen molar-refractivity contribution < 1.29 is 14.3 Å². The molecule has 0 aromatic heterocycles. The van der Waals surface area contributed by atoms with E-state index in [0.29, 0.717) is 26.3 Å². The first-order valence-electron chi connectivity index (χ1n) is 9.34. The summed E-state index contributed by atoms with van der Waals surface area (Å²) in [5.74, 6) is 0.820. The van der Waals surface area contributed by atoms with E-state index in [1.54, 1.807) is 0 Å². The van der Waals surface area contributed by atoms with Gasteiger partial charge in [-0.1, -0.05) is 6.07 Å². The Labute approximate surface area is 155 Å². The molecule has 1 aromatic rings. The molecule has 2 aliphatic rings. The smallest absolute Gasteiger partial charge is 0.322 e. The van der Waals surface area contributed by atoms with E-state index in [4.69, 9.17) is 9.47 Å². The lowest BCUT2D eigenvalue weighted by atomic mass is 10.1. The minimum atomic E-state index is -0.0710. The minimum absolute atomic E-state index is 0.0710. The molecule has 1 unspecified atom stereocenters. The number of fused-ring (bicyclic) bond motifs is 1. The molecule has 2 heterocycles. The zero-order valence-electron chi connectivity index (χ0n) is 16.0. The van der Waals surface area contributed by atoms with Crippen LogP contribution >= 0.6 is 0 Å². The number of nitrogens with zero attached hydrogens (tertiary/aromatic N) is 3. The van der Waals surface area contributed by atoms with Crippen molar-refractivity contribution in [2.75, 3.05) is 70.8 Å². The number of nitrogens with one attached hydrogen (secondary N) is 1. The predicted octanol–water partition coefficient (Wildman–Crippen LogP) is 2.09. The van der Waals surface area contributed by atoms with Gasteiger partial charge in [0.2, 0.25) is 0 Å². The number of rotatable bonds is 5. The van der Waals surface area contributed by atoms with E-state index in [2.05, 4.69) is 29.2 Å². The van der Waals surface area contributed by atoms with Gasteiger partial charge in [-0.3, -0.25) is 0 Å². The molecule has 0 radical (unpaired) electrons. The van der Waals surface area contributed by atoms with E-state index in [-0.39, 0.29) is 12.1 Å². The Hall–Kier alpha value is -1.99. The standard InChI is InChI=1S/C19H30N4O3/c1-21(2)9-5-6-15-14-23(11-13-25-15)19(24)20-16-7-4-8-17-18(16)22(3)10-12-26-17/h4,7-8,15H,5-6,9-14H2,1-3H3,(H,20,24). The zero-order chi connectivity index (χ0) is 18.5. The number of hydrogen-bond donors (Lipinski definition) is 1. The fourth-order valence-corrected chi connectivity index (χ4v) is 3.45. The van der Waals surface area contributed by atoms with Gasteiger partial charge >= 0.3 is 6.03 Å². The normalized spacial score (nSPS) is 19.9. The number of carbonyl (C=O) groups is 1. The molecular weight excluding hydrogens is 332 g/mol. The van der Waals surface area contributed by atoms with Crippen LogP contribution in [0.4, 0.5) is 16.2 Å². The number of hydrogen-bond acceptors (Lipinski definition) is 5. The van der Waals surface area contributed by atoms with Crippen LogP contribution in [0, 0.1) is 0 Å². The van der Waals surface area contributed by atoms with Gasteiger partial charge in [-0.2, -0.15) is 0 Å². The number of urea groups is 1. The van der Waals surface area contributed by atoms with Crippen molar-refractivity contribution in [3.05, 3.63) is 18.2 Å².